The summed E-state index contributed by atoms with van der Waals surface area (Å²) in [4.78, 5) is 25.6. The molecule has 2 N–H and O–H groups in total. The Morgan fingerprint density at radius 1 is 1.15 bits per heavy atom. The first-order valence-corrected chi connectivity index (χ1v) is 10.9. The maximum atomic E-state index is 13.9. The fourth-order valence-electron chi connectivity index (χ4n) is 3.55. The molecule has 0 aliphatic rings. The van der Waals surface area contributed by atoms with E-state index in [1.54, 1.807) is 25.1 Å². The van der Waals surface area contributed by atoms with Gasteiger partial charge >= 0.3 is 0 Å². The minimum absolute atomic E-state index is 0.117. The number of hydrogen-bond acceptors (Lipinski definition) is 4. The maximum Gasteiger partial charge on any atom is 0.273 e. The Balaban J connectivity index is 2.04. The number of aromatic nitrogens is 1. The van der Waals surface area contributed by atoms with E-state index in [2.05, 4.69) is 21.2 Å². The minimum atomic E-state index is -0.739. The third-order valence-electron chi connectivity index (χ3n) is 5.21. The second kappa shape index (κ2) is 10.3. The third-order valence-corrected chi connectivity index (χ3v) is 5.94. The highest BCUT2D eigenvalue weighted by molar-refractivity contribution is 9.10. The zero-order valence-electron chi connectivity index (χ0n) is 18.3. The van der Waals surface area contributed by atoms with Crippen LogP contribution in [0.3, 0.4) is 0 Å². The molecule has 3 aromatic rings. The zero-order chi connectivity index (χ0) is 24.3. The number of aliphatic hydroxyl groups is 1. The number of carbonyl (C=O) groups excluding carboxylic acids is 1. The van der Waals surface area contributed by atoms with Crippen molar-refractivity contribution in [3.8, 4) is 11.4 Å². The Hall–Kier alpha value is -3.04. The number of rotatable bonds is 7. The first-order chi connectivity index (χ1) is 15.7. The number of amides is 1. The van der Waals surface area contributed by atoms with Crippen LogP contribution in [0.5, 0.6) is 5.75 Å². The number of carbonyl (C=O) groups is 1. The van der Waals surface area contributed by atoms with Crippen molar-refractivity contribution < 1.29 is 23.4 Å². The van der Waals surface area contributed by atoms with E-state index in [0.29, 0.717) is 28.9 Å². The van der Waals surface area contributed by atoms with Gasteiger partial charge in [0, 0.05) is 42.6 Å². The summed E-state index contributed by atoms with van der Waals surface area (Å²) >= 11 is 3.27. The van der Waals surface area contributed by atoms with Gasteiger partial charge in [0.05, 0.1) is 5.69 Å². The number of hydrogen-bond donors (Lipinski definition) is 2. The molecule has 0 saturated carbocycles. The molecule has 3 rings (SSSR count). The van der Waals surface area contributed by atoms with Gasteiger partial charge in [-0.05, 0) is 65.5 Å². The van der Waals surface area contributed by atoms with Gasteiger partial charge in [0.1, 0.15) is 28.5 Å². The van der Waals surface area contributed by atoms with Gasteiger partial charge < -0.3 is 15.2 Å². The van der Waals surface area contributed by atoms with Gasteiger partial charge in [-0.15, -0.1) is 0 Å². The van der Waals surface area contributed by atoms with Crippen LogP contribution in [-0.2, 0) is 13.0 Å². The monoisotopic (exact) mass is 520 g/mol. The SMILES string of the molecule is CNC(=O)c1cc(-n2c(C)cc(OCc3ccc(F)cc3F)c(Br)c2=O)c(C)cc1CCO. The fourth-order valence-corrected chi connectivity index (χ4v) is 3.96. The second-order valence-corrected chi connectivity index (χ2v) is 8.27. The lowest BCUT2D eigenvalue weighted by molar-refractivity contribution is 0.0962. The summed E-state index contributed by atoms with van der Waals surface area (Å²) in [5.74, 6) is -1.55. The maximum absolute atomic E-state index is 13.9. The van der Waals surface area contributed by atoms with Gasteiger partial charge in [0.25, 0.3) is 11.5 Å². The highest BCUT2D eigenvalue weighted by Crippen LogP contribution is 2.27. The number of nitrogens with zero attached hydrogens (tertiary/aromatic N) is 1. The Labute approximate surface area is 198 Å². The number of aryl methyl sites for hydroxylation is 2. The number of aliphatic hydroxyl groups excluding tert-OH is 1. The van der Waals surface area contributed by atoms with E-state index in [1.165, 1.54) is 17.7 Å². The molecule has 0 unspecified atom stereocenters. The number of halogens is 3. The molecule has 0 aliphatic heterocycles. The molecule has 0 spiro atoms. The quantitative estimate of drug-likeness (QED) is 0.494. The van der Waals surface area contributed by atoms with Crippen LogP contribution < -0.4 is 15.6 Å². The first kappa shape index (κ1) is 24.6. The van der Waals surface area contributed by atoms with Crippen molar-refractivity contribution in [2.24, 2.45) is 0 Å². The molecule has 0 fully saturated rings. The molecule has 0 saturated heterocycles. The van der Waals surface area contributed by atoms with Crippen LogP contribution in [0.2, 0.25) is 0 Å². The minimum Gasteiger partial charge on any atom is -0.487 e. The van der Waals surface area contributed by atoms with Crippen molar-refractivity contribution in [2.45, 2.75) is 26.9 Å². The summed E-state index contributed by atoms with van der Waals surface area (Å²) in [6.45, 7) is 3.21. The van der Waals surface area contributed by atoms with E-state index in [1.807, 2.05) is 6.92 Å². The van der Waals surface area contributed by atoms with Crippen LogP contribution >= 0.6 is 15.9 Å². The van der Waals surface area contributed by atoms with Crippen molar-refractivity contribution in [3.63, 3.8) is 0 Å². The lowest BCUT2D eigenvalue weighted by Gasteiger charge is -2.19. The average Bonchev–Trinajstić information content (AvgIpc) is 2.77. The Morgan fingerprint density at radius 2 is 1.88 bits per heavy atom. The molecule has 0 atom stereocenters. The molecule has 6 nitrogen and oxygen atoms in total. The van der Waals surface area contributed by atoms with Gasteiger partial charge in [-0.25, -0.2) is 8.78 Å². The number of nitrogens with one attached hydrogen (secondary N) is 1. The Bertz CT molecular complexity index is 1270. The van der Waals surface area contributed by atoms with E-state index in [4.69, 9.17) is 4.74 Å². The molecule has 0 aliphatic carbocycles. The molecule has 2 aromatic carbocycles. The van der Waals surface area contributed by atoms with Crippen molar-refractivity contribution in [1.82, 2.24) is 9.88 Å². The summed E-state index contributed by atoms with van der Waals surface area (Å²) in [6.07, 6.45) is 0.300. The Kier molecular flexibility index (Phi) is 7.65. The first-order valence-electron chi connectivity index (χ1n) is 10.1. The van der Waals surface area contributed by atoms with Gasteiger partial charge in [-0.2, -0.15) is 0 Å². The molecule has 1 heterocycles. The molecule has 1 amide bonds. The summed E-state index contributed by atoms with van der Waals surface area (Å²) < 4.78 is 34.2. The smallest absolute Gasteiger partial charge is 0.273 e. The van der Waals surface area contributed by atoms with Crippen LogP contribution in [0.25, 0.3) is 5.69 Å². The molecule has 1 aromatic heterocycles. The highest BCUT2D eigenvalue weighted by atomic mass is 79.9. The van der Waals surface area contributed by atoms with Gasteiger partial charge in [-0.1, -0.05) is 6.07 Å². The van der Waals surface area contributed by atoms with Crippen LogP contribution in [0, 0.1) is 25.5 Å². The van der Waals surface area contributed by atoms with E-state index in [9.17, 15) is 23.5 Å². The van der Waals surface area contributed by atoms with Crippen LogP contribution in [0.15, 0.2) is 45.7 Å². The van der Waals surface area contributed by atoms with Crippen molar-refractivity contribution >= 4 is 21.8 Å². The van der Waals surface area contributed by atoms with Crippen LogP contribution in [0.4, 0.5) is 8.78 Å². The van der Waals surface area contributed by atoms with Crippen molar-refractivity contribution in [3.05, 3.63) is 90.8 Å². The van der Waals surface area contributed by atoms with Crippen LogP contribution in [-0.4, -0.2) is 29.2 Å². The van der Waals surface area contributed by atoms with Gasteiger partial charge in [0.2, 0.25) is 0 Å². The molecular weight excluding hydrogens is 498 g/mol. The fraction of sp³-hybridized carbons (Fsp3) is 0.250. The van der Waals surface area contributed by atoms with Crippen LogP contribution in [0.1, 0.15) is 32.7 Å². The third kappa shape index (κ3) is 5.15. The average molecular weight is 521 g/mol. The normalized spacial score (nSPS) is 10.9. The summed E-state index contributed by atoms with van der Waals surface area (Å²) in [5.41, 5.74) is 2.53. The van der Waals surface area contributed by atoms with E-state index < -0.39 is 17.2 Å². The number of pyridine rings is 1. The van der Waals surface area contributed by atoms with Crippen molar-refractivity contribution in [2.75, 3.05) is 13.7 Å². The predicted octanol–water partition coefficient (Wildman–Crippen LogP) is 3.97. The van der Waals surface area contributed by atoms with E-state index in [-0.39, 0.29) is 34.9 Å². The molecule has 0 bridgehead atoms. The van der Waals surface area contributed by atoms with E-state index in [0.717, 1.165) is 17.7 Å². The topological polar surface area (TPSA) is 80.6 Å². The lowest BCUT2D eigenvalue weighted by atomic mass is 9.99. The standard InChI is InChI=1S/C24H23BrF2N2O4/c1-13-8-15(6-7-30)18(23(31)28-3)11-20(13)29-14(2)9-21(22(25)24(29)32)33-12-16-4-5-17(26)10-19(16)27/h4-5,8-11,30H,6-7,12H2,1-3H3,(H,28,31). The van der Waals surface area contributed by atoms with Gasteiger partial charge in [0.15, 0.2) is 0 Å². The predicted molar refractivity (Wildman–Crippen MR) is 124 cm³/mol. The number of benzene rings is 2. The lowest BCUT2D eigenvalue weighted by Crippen LogP contribution is -2.25. The summed E-state index contributed by atoms with van der Waals surface area (Å²) in [5, 5.41) is 11.9. The molecule has 0 radical (unpaired) electrons. The van der Waals surface area contributed by atoms with E-state index >= 15 is 0 Å². The summed E-state index contributed by atoms with van der Waals surface area (Å²) in [7, 11) is 1.51. The molecule has 33 heavy (non-hydrogen) atoms. The second-order valence-electron chi connectivity index (χ2n) is 7.48. The highest BCUT2D eigenvalue weighted by Gasteiger charge is 2.19. The molecular formula is C24H23BrF2N2O4. The zero-order valence-corrected chi connectivity index (χ0v) is 19.9. The van der Waals surface area contributed by atoms with Crippen molar-refractivity contribution in [1.29, 1.82) is 0 Å². The molecule has 174 valence electrons. The number of ether oxygens (including phenoxy) is 1. The summed E-state index contributed by atoms with van der Waals surface area (Å²) in [6, 6.07) is 8.20. The van der Waals surface area contributed by atoms with Gasteiger partial charge in [-0.3, -0.25) is 14.2 Å². The Morgan fingerprint density at radius 3 is 2.52 bits per heavy atom. The molecule has 9 heteroatoms. The largest absolute Gasteiger partial charge is 0.487 e.